The van der Waals surface area contributed by atoms with Crippen molar-refractivity contribution in [2.75, 3.05) is 13.6 Å². The Morgan fingerprint density at radius 1 is 1.27 bits per heavy atom. The molecule has 26 heavy (non-hydrogen) atoms. The zero-order chi connectivity index (χ0) is 18.9. The van der Waals surface area contributed by atoms with Gasteiger partial charge >= 0.3 is 0 Å². The topological polar surface area (TPSA) is 75.0 Å². The number of hydrogen-bond donors (Lipinski definition) is 2. The van der Waals surface area contributed by atoms with Gasteiger partial charge in [0.2, 0.25) is 5.91 Å². The van der Waals surface area contributed by atoms with E-state index in [9.17, 15) is 9.18 Å². The number of amides is 1. The summed E-state index contributed by atoms with van der Waals surface area (Å²) in [6, 6.07) is 8.42. The molecule has 1 heterocycles. The Bertz CT molecular complexity index is 681. The highest BCUT2D eigenvalue weighted by atomic mass is 19.1. The molecule has 1 unspecified atom stereocenters. The van der Waals surface area contributed by atoms with Crippen molar-refractivity contribution in [3.8, 4) is 11.3 Å². The molecule has 0 bridgehead atoms. The molecule has 1 amide bonds. The summed E-state index contributed by atoms with van der Waals surface area (Å²) in [6.07, 6.45) is 5.24. The zero-order valence-electron chi connectivity index (χ0n) is 15.7. The van der Waals surface area contributed by atoms with Crippen molar-refractivity contribution in [1.82, 2.24) is 15.1 Å². The second-order valence-electron chi connectivity index (χ2n) is 6.93. The number of nitrogens with two attached hydrogens (primary N) is 1. The van der Waals surface area contributed by atoms with E-state index in [0.717, 1.165) is 55.6 Å². The maximum absolute atomic E-state index is 13.0. The van der Waals surface area contributed by atoms with Gasteiger partial charge in [-0.3, -0.25) is 9.89 Å². The summed E-state index contributed by atoms with van der Waals surface area (Å²) in [6.45, 7) is 2.70. The maximum Gasteiger partial charge on any atom is 0.222 e. The van der Waals surface area contributed by atoms with Crippen LogP contribution < -0.4 is 5.73 Å². The molecule has 3 N–H and O–H groups in total. The van der Waals surface area contributed by atoms with Crippen molar-refractivity contribution in [3.63, 3.8) is 0 Å². The maximum atomic E-state index is 13.0. The van der Waals surface area contributed by atoms with Gasteiger partial charge < -0.3 is 10.6 Å². The fraction of sp³-hybridized carbons (Fsp3) is 0.500. The number of H-pyrrole nitrogens is 1. The number of aromatic nitrogens is 2. The molecule has 0 saturated carbocycles. The molecule has 5 nitrogen and oxygen atoms in total. The van der Waals surface area contributed by atoms with Gasteiger partial charge in [0, 0.05) is 37.3 Å². The van der Waals surface area contributed by atoms with Crippen LogP contribution in [0.1, 0.15) is 44.7 Å². The molecule has 0 saturated heterocycles. The van der Waals surface area contributed by atoms with Gasteiger partial charge in [-0.25, -0.2) is 4.39 Å². The molecule has 6 heteroatoms. The normalized spacial score (nSPS) is 12.2. The van der Waals surface area contributed by atoms with Crippen LogP contribution in [0.2, 0.25) is 0 Å². The number of nitrogens with zero attached hydrogens (tertiary/aromatic N) is 2. The minimum atomic E-state index is -0.245. The number of nitrogens with one attached hydrogen (secondary N) is 1. The summed E-state index contributed by atoms with van der Waals surface area (Å²) >= 11 is 0. The van der Waals surface area contributed by atoms with Crippen molar-refractivity contribution in [3.05, 3.63) is 41.8 Å². The molecule has 0 aliphatic carbocycles. The van der Waals surface area contributed by atoms with Crippen LogP contribution >= 0.6 is 0 Å². The predicted octanol–water partition coefficient (Wildman–Crippen LogP) is 3.51. The smallest absolute Gasteiger partial charge is 0.222 e. The summed E-state index contributed by atoms with van der Waals surface area (Å²) in [4.78, 5) is 13.7. The minimum Gasteiger partial charge on any atom is -0.346 e. The third-order valence-corrected chi connectivity index (χ3v) is 4.45. The van der Waals surface area contributed by atoms with Crippen molar-refractivity contribution in [2.24, 2.45) is 5.73 Å². The predicted molar refractivity (Wildman–Crippen MR) is 102 cm³/mol. The van der Waals surface area contributed by atoms with Crippen LogP contribution in [0.4, 0.5) is 4.39 Å². The third kappa shape index (κ3) is 6.59. The van der Waals surface area contributed by atoms with E-state index >= 15 is 0 Å². The Balaban J connectivity index is 1.66. The van der Waals surface area contributed by atoms with Crippen molar-refractivity contribution in [1.29, 1.82) is 0 Å². The molecule has 0 radical (unpaired) electrons. The fourth-order valence-electron chi connectivity index (χ4n) is 2.77. The lowest BCUT2D eigenvalue weighted by molar-refractivity contribution is -0.130. The van der Waals surface area contributed by atoms with Gasteiger partial charge in [-0.15, -0.1) is 0 Å². The monoisotopic (exact) mass is 360 g/mol. The van der Waals surface area contributed by atoms with Gasteiger partial charge in [0.05, 0.1) is 5.69 Å². The first-order chi connectivity index (χ1) is 12.5. The Kier molecular flexibility index (Phi) is 7.78. The first kappa shape index (κ1) is 20.1. The summed E-state index contributed by atoms with van der Waals surface area (Å²) in [5.74, 6) is -0.0784. The first-order valence-corrected chi connectivity index (χ1v) is 9.25. The average Bonchev–Trinajstić information content (AvgIpc) is 3.08. The Morgan fingerprint density at radius 3 is 2.69 bits per heavy atom. The van der Waals surface area contributed by atoms with E-state index in [4.69, 9.17) is 5.73 Å². The zero-order valence-corrected chi connectivity index (χ0v) is 15.7. The second kappa shape index (κ2) is 10.1. The van der Waals surface area contributed by atoms with Crippen LogP contribution in [0.5, 0.6) is 0 Å². The number of aromatic amines is 1. The first-order valence-electron chi connectivity index (χ1n) is 9.25. The van der Waals surface area contributed by atoms with Gasteiger partial charge in [0.25, 0.3) is 0 Å². The SMILES string of the molecule is CC(N)CCC(=O)N(C)CCCCCc1cc(-c2ccc(F)cc2)n[nH]1. The largest absolute Gasteiger partial charge is 0.346 e. The molecule has 0 spiro atoms. The van der Waals surface area contributed by atoms with E-state index in [1.54, 1.807) is 17.0 Å². The number of aryl methyl sites for hydroxylation is 1. The number of halogens is 1. The molecule has 1 aromatic carbocycles. The molecule has 1 aromatic heterocycles. The molecule has 142 valence electrons. The Labute approximate surface area is 154 Å². The second-order valence-corrected chi connectivity index (χ2v) is 6.93. The minimum absolute atomic E-state index is 0.0709. The summed E-state index contributed by atoms with van der Waals surface area (Å²) in [5, 5.41) is 7.33. The molecule has 2 aromatic rings. The van der Waals surface area contributed by atoms with E-state index in [1.165, 1.54) is 12.1 Å². The number of carbonyl (C=O) groups is 1. The summed E-state index contributed by atoms with van der Waals surface area (Å²) in [7, 11) is 1.85. The Morgan fingerprint density at radius 2 is 2.00 bits per heavy atom. The number of unbranched alkanes of at least 4 members (excludes halogenated alkanes) is 2. The third-order valence-electron chi connectivity index (χ3n) is 4.45. The lowest BCUT2D eigenvalue weighted by atomic mass is 10.1. The van der Waals surface area contributed by atoms with Crippen LogP contribution in [0.3, 0.4) is 0 Å². The standard InChI is InChI=1S/C20H29FN4O/c1-15(22)7-12-20(26)25(2)13-5-3-4-6-18-14-19(24-23-18)16-8-10-17(21)11-9-16/h8-11,14-15H,3-7,12-13,22H2,1-2H3,(H,23,24). The highest BCUT2D eigenvalue weighted by Gasteiger charge is 2.09. The van der Waals surface area contributed by atoms with Crippen LogP contribution in [0.25, 0.3) is 11.3 Å². The molecular formula is C20H29FN4O. The van der Waals surface area contributed by atoms with E-state index in [2.05, 4.69) is 10.2 Å². The average molecular weight is 360 g/mol. The molecular weight excluding hydrogens is 331 g/mol. The van der Waals surface area contributed by atoms with Crippen molar-refractivity contribution in [2.45, 2.75) is 51.5 Å². The number of rotatable bonds is 10. The lowest BCUT2D eigenvalue weighted by Gasteiger charge is -2.17. The van der Waals surface area contributed by atoms with Gasteiger partial charge in [-0.05, 0) is 62.9 Å². The van der Waals surface area contributed by atoms with Gasteiger partial charge in [0.15, 0.2) is 0 Å². The highest BCUT2D eigenvalue weighted by molar-refractivity contribution is 5.75. The molecule has 0 aliphatic heterocycles. The van der Waals surface area contributed by atoms with Crippen LogP contribution in [0.15, 0.2) is 30.3 Å². The number of hydrogen-bond acceptors (Lipinski definition) is 3. The van der Waals surface area contributed by atoms with Crippen LogP contribution in [0, 0.1) is 5.82 Å². The molecule has 0 fully saturated rings. The van der Waals surface area contributed by atoms with Crippen molar-refractivity contribution < 1.29 is 9.18 Å². The van der Waals surface area contributed by atoms with E-state index < -0.39 is 0 Å². The molecule has 1 atom stereocenters. The van der Waals surface area contributed by atoms with E-state index in [1.807, 2.05) is 20.0 Å². The molecule has 2 rings (SSSR count). The number of carbonyl (C=O) groups excluding carboxylic acids is 1. The van der Waals surface area contributed by atoms with Gasteiger partial charge in [-0.2, -0.15) is 5.10 Å². The van der Waals surface area contributed by atoms with Crippen LogP contribution in [-0.2, 0) is 11.2 Å². The van der Waals surface area contributed by atoms with Crippen LogP contribution in [-0.4, -0.2) is 40.6 Å². The van der Waals surface area contributed by atoms with Gasteiger partial charge in [0.1, 0.15) is 5.82 Å². The quantitative estimate of drug-likeness (QED) is 0.637. The fourth-order valence-corrected chi connectivity index (χ4v) is 2.77. The summed E-state index contributed by atoms with van der Waals surface area (Å²) < 4.78 is 13.0. The van der Waals surface area contributed by atoms with Crippen molar-refractivity contribution >= 4 is 5.91 Å². The Hall–Kier alpha value is -2.21. The molecule has 0 aliphatic rings. The number of benzene rings is 1. The van der Waals surface area contributed by atoms with E-state index in [0.29, 0.717) is 6.42 Å². The van der Waals surface area contributed by atoms with Gasteiger partial charge in [-0.1, -0.05) is 6.42 Å². The summed E-state index contributed by atoms with van der Waals surface area (Å²) in [5.41, 5.74) is 8.50. The highest BCUT2D eigenvalue weighted by Crippen LogP contribution is 2.19. The lowest BCUT2D eigenvalue weighted by Crippen LogP contribution is -2.29. The van der Waals surface area contributed by atoms with E-state index in [-0.39, 0.29) is 17.8 Å².